The van der Waals surface area contributed by atoms with Gasteiger partial charge >= 0.3 is 0 Å². The lowest BCUT2D eigenvalue weighted by molar-refractivity contribution is 0.0970. The summed E-state index contributed by atoms with van der Waals surface area (Å²) in [5.41, 5.74) is 1.32. The normalized spacial score (nSPS) is 14.8. The summed E-state index contributed by atoms with van der Waals surface area (Å²) in [6, 6.07) is 6.83. The van der Waals surface area contributed by atoms with E-state index in [0.717, 1.165) is 0 Å². The highest BCUT2D eigenvalue weighted by Crippen LogP contribution is 2.21. The van der Waals surface area contributed by atoms with Crippen LogP contribution < -0.4 is 0 Å². The van der Waals surface area contributed by atoms with Crippen LogP contribution in [0.25, 0.3) is 0 Å². The molecular formula is C14H12O3. The molecule has 1 aromatic carbocycles. The lowest BCUT2D eigenvalue weighted by atomic mass is 9.90. The van der Waals surface area contributed by atoms with Gasteiger partial charge in [-0.2, -0.15) is 0 Å². The van der Waals surface area contributed by atoms with Crippen LogP contribution in [0, 0.1) is 0 Å². The van der Waals surface area contributed by atoms with Gasteiger partial charge in [-0.05, 0) is 13.0 Å². The summed E-state index contributed by atoms with van der Waals surface area (Å²) >= 11 is 0. The minimum atomic E-state index is -0.140. The Hall–Kier alpha value is -2.16. The summed E-state index contributed by atoms with van der Waals surface area (Å²) in [4.78, 5) is 23.8. The molecule has 3 heteroatoms. The maximum Gasteiger partial charge on any atom is 0.193 e. The molecule has 0 saturated carbocycles. The molecule has 0 spiro atoms. The van der Waals surface area contributed by atoms with Gasteiger partial charge in [0.1, 0.15) is 6.61 Å². The van der Waals surface area contributed by atoms with Crippen LogP contribution >= 0.6 is 0 Å². The Morgan fingerprint density at radius 2 is 1.88 bits per heavy atom. The van der Waals surface area contributed by atoms with Crippen molar-refractivity contribution in [1.29, 1.82) is 0 Å². The maximum atomic E-state index is 12.0. The van der Waals surface area contributed by atoms with Gasteiger partial charge in [0.15, 0.2) is 11.6 Å². The quantitative estimate of drug-likeness (QED) is 0.747. The molecule has 86 valence electrons. The van der Waals surface area contributed by atoms with E-state index in [1.54, 1.807) is 30.3 Å². The van der Waals surface area contributed by atoms with E-state index in [1.807, 2.05) is 6.92 Å². The molecule has 17 heavy (non-hydrogen) atoms. The largest absolute Gasteiger partial charge is 0.497 e. The van der Waals surface area contributed by atoms with E-state index in [4.69, 9.17) is 4.74 Å². The minimum Gasteiger partial charge on any atom is -0.497 e. The first kappa shape index (κ1) is 11.3. The molecule has 1 aromatic rings. The SMILES string of the molecule is C/C=C/OCC1=CC(=O)c2ccccc2C1=O. The Bertz CT molecular complexity index is 524. The molecule has 0 amide bonds. The number of benzene rings is 1. The van der Waals surface area contributed by atoms with Gasteiger partial charge in [0.25, 0.3) is 0 Å². The third-order valence-electron chi connectivity index (χ3n) is 2.51. The highest BCUT2D eigenvalue weighted by atomic mass is 16.5. The van der Waals surface area contributed by atoms with Gasteiger partial charge in [0.05, 0.1) is 6.26 Å². The first-order valence-corrected chi connectivity index (χ1v) is 5.35. The zero-order chi connectivity index (χ0) is 12.3. The van der Waals surface area contributed by atoms with Crippen LogP contribution in [0.3, 0.4) is 0 Å². The number of rotatable bonds is 3. The molecular weight excluding hydrogens is 216 g/mol. The number of hydrogen-bond acceptors (Lipinski definition) is 3. The van der Waals surface area contributed by atoms with Crippen molar-refractivity contribution in [3.63, 3.8) is 0 Å². The second-order valence-corrected chi connectivity index (χ2v) is 3.69. The maximum absolute atomic E-state index is 12.0. The van der Waals surface area contributed by atoms with E-state index in [9.17, 15) is 9.59 Å². The predicted molar refractivity (Wildman–Crippen MR) is 64.0 cm³/mol. The van der Waals surface area contributed by atoms with Crippen LogP contribution in [0.1, 0.15) is 27.6 Å². The number of carbonyl (C=O) groups excluding carboxylic acids is 2. The number of hydrogen-bond donors (Lipinski definition) is 0. The van der Waals surface area contributed by atoms with Crippen molar-refractivity contribution in [3.8, 4) is 0 Å². The number of allylic oxidation sites excluding steroid dienone is 2. The average Bonchev–Trinajstić information content (AvgIpc) is 2.36. The molecule has 0 bridgehead atoms. The Morgan fingerprint density at radius 3 is 2.59 bits per heavy atom. The standard InChI is InChI=1S/C14H12O3/c1-2-7-17-9-10-8-13(15)11-5-3-4-6-12(11)14(10)16/h2-8H,9H2,1H3/b7-2+. The molecule has 1 aliphatic carbocycles. The molecule has 0 N–H and O–H groups in total. The van der Waals surface area contributed by atoms with Gasteiger partial charge in [0.2, 0.25) is 0 Å². The number of Topliss-reactive ketones (excluding diaryl/α,β-unsaturated/α-hetero) is 1. The highest BCUT2D eigenvalue weighted by Gasteiger charge is 2.24. The monoisotopic (exact) mass is 228 g/mol. The average molecular weight is 228 g/mol. The molecule has 0 atom stereocenters. The molecule has 0 radical (unpaired) electrons. The van der Waals surface area contributed by atoms with E-state index in [0.29, 0.717) is 16.7 Å². The number of ketones is 2. The summed E-state index contributed by atoms with van der Waals surface area (Å²) < 4.78 is 5.13. The summed E-state index contributed by atoms with van der Waals surface area (Å²) in [7, 11) is 0. The van der Waals surface area contributed by atoms with Crippen LogP contribution in [0.2, 0.25) is 0 Å². The predicted octanol–water partition coefficient (Wildman–Crippen LogP) is 2.54. The van der Waals surface area contributed by atoms with Gasteiger partial charge in [0, 0.05) is 16.7 Å². The molecule has 0 fully saturated rings. The van der Waals surface area contributed by atoms with Crippen molar-refractivity contribution in [2.24, 2.45) is 0 Å². The third-order valence-corrected chi connectivity index (χ3v) is 2.51. The third kappa shape index (κ3) is 2.18. The summed E-state index contributed by atoms with van der Waals surface area (Å²) in [6.45, 7) is 1.95. The van der Waals surface area contributed by atoms with Crippen LogP contribution in [0.5, 0.6) is 0 Å². The van der Waals surface area contributed by atoms with E-state index < -0.39 is 0 Å². The molecule has 0 unspecified atom stereocenters. The first-order valence-electron chi connectivity index (χ1n) is 5.35. The van der Waals surface area contributed by atoms with E-state index in [1.165, 1.54) is 12.3 Å². The fraction of sp³-hybridized carbons (Fsp3) is 0.143. The van der Waals surface area contributed by atoms with Crippen molar-refractivity contribution >= 4 is 11.6 Å². The van der Waals surface area contributed by atoms with Gasteiger partial charge in [-0.25, -0.2) is 0 Å². The van der Waals surface area contributed by atoms with Gasteiger partial charge in [-0.3, -0.25) is 9.59 Å². The highest BCUT2D eigenvalue weighted by molar-refractivity contribution is 6.24. The van der Waals surface area contributed by atoms with Crippen molar-refractivity contribution in [2.75, 3.05) is 6.61 Å². The zero-order valence-electron chi connectivity index (χ0n) is 9.47. The fourth-order valence-electron chi connectivity index (χ4n) is 1.71. The van der Waals surface area contributed by atoms with Gasteiger partial charge in [-0.1, -0.05) is 30.3 Å². The summed E-state index contributed by atoms with van der Waals surface area (Å²) in [6.07, 6.45) is 4.58. The van der Waals surface area contributed by atoms with Crippen LogP contribution in [-0.4, -0.2) is 18.2 Å². The van der Waals surface area contributed by atoms with Crippen molar-refractivity contribution in [2.45, 2.75) is 6.92 Å². The zero-order valence-corrected chi connectivity index (χ0v) is 9.47. The molecule has 2 rings (SSSR count). The second kappa shape index (κ2) is 4.78. The number of fused-ring (bicyclic) bond motifs is 1. The number of ether oxygens (including phenoxy) is 1. The first-order chi connectivity index (χ1) is 8.24. The molecule has 1 aliphatic rings. The Labute approximate surface area is 99.4 Å². The summed E-state index contributed by atoms with van der Waals surface area (Å²) in [5.74, 6) is -0.274. The summed E-state index contributed by atoms with van der Waals surface area (Å²) in [5, 5.41) is 0. The Morgan fingerprint density at radius 1 is 1.18 bits per heavy atom. The molecule has 0 saturated heterocycles. The van der Waals surface area contributed by atoms with E-state index >= 15 is 0 Å². The van der Waals surface area contributed by atoms with E-state index in [2.05, 4.69) is 0 Å². The van der Waals surface area contributed by atoms with Gasteiger partial charge in [-0.15, -0.1) is 0 Å². The Kier molecular flexibility index (Phi) is 3.19. The lowest BCUT2D eigenvalue weighted by Crippen LogP contribution is -2.19. The van der Waals surface area contributed by atoms with E-state index in [-0.39, 0.29) is 18.2 Å². The molecule has 0 heterocycles. The minimum absolute atomic E-state index is 0.128. The van der Waals surface area contributed by atoms with Crippen molar-refractivity contribution in [1.82, 2.24) is 0 Å². The van der Waals surface area contributed by atoms with Crippen LogP contribution in [0.4, 0.5) is 0 Å². The van der Waals surface area contributed by atoms with Crippen molar-refractivity contribution in [3.05, 3.63) is 59.4 Å². The van der Waals surface area contributed by atoms with Crippen LogP contribution in [0.15, 0.2) is 48.3 Å². The van der Waals surface area contributed by atoms with Crippen molar-refractivity contribution < 1.29 is 14.3 Å². The van der Waals surface area contributed by atoms with Gasteiger partial charge < -0.3 is 4.74 Å². The lowest BCUT2D eigenvalue weighted by Gasteiger charge is -2.14. The topological polar surface area (TPSA) is 43.4 Å². The smallest absolute Gasteiger partial charge is 0.193 e. The molecule has 0 aliphatic heterocycles. The molecule has 0 aromatic heterocycles. The fourth-order valence-corrected chi connectivity index (χ4v) is 1.71. The molecule has 3 nitrogen and oxygen atoms in total. The second-order valence-electron chi connectivity index (χ2n) is 3.69. The van der Waals surface area contributed by atoms with Crippen LogP contribution in [-0.2, 0) is 4.74 Å². The number of carbonyl (C=O) groups is 2. The Balaban J connectivity index is 2.29.